The van der Waals surface area contributed by atoms with E-state index in [0.29, 0.717) is 0 Å². The minimum Gasteiger partial charge on any atom is -0.321 e. The second kappa shape index (κ2) is 2.93. The Bertz CT molecular complexity index is 269. The van der Waals surface area contributed by atoms with Gasteiger partial charge in [0.25, 0.3) is 0 Å². The summed E-state index contributed by atoms with van der Waals surface area (Å²) in [6.07, 6.45) is 0. The summed E-state index contributed by atoms with van der Waals surface area (Å²) in [5, 5.41) is 14.1. The van der Waals surface area contributed by atoms with Crippen LogP contribution in [0.5, 0.6) is 0 Å². The summed E-state index contributed by atoms with van der Waals surface area (Å²) in [5.41, 5.74) is 0. The Labute approximate surface area is 71.1 Å². The first kappa shape index (κ1) is 6.68. The number of nitrogens with one attached hydrogen (secondary N) is 1. The molecule has 0 aliphatic carbocycles. The number of nitrogens with zero attached hydrogens (tertiary/aromatic N) is 3. The molecule has 0 saturated heterocycles. The first-order valence-electron chi connectivity index (χ1n) is 2.91. The number of rotatable bonds is 2. The van der Waals surface area contributed by atoms with Gasteiger partial charge in [-0.3, -0.25) is 0 Å². The zero-order chi connectivity index (χ0) is 7.52. The van der Waals surface area contributed by atoms with E-state index in [-0.39, 0.29) is 0 Å². The van der Waals surface area contributed by atoms with Crippen molar-refractivity contribution in [3.63, 3.8) is 0 Å². The molecular formula is C5H4N4S2. The van der Waals surface area contributed by atoms with E-state index in [9.17, 15) is 0 Å². The lowest BCUT2D eigenvalue weighted by atomic mass is 10.6. The molecule has 0 spiro atoms. The highest BCUT2D eigenvalue weighted by molar-refractivity contribution is 7.15. The van der Waals surface area contributed by atoms with E-state index in [0.717, 1.165) is 10.1 Å². The Kier molecular flexibility index (Phi) is 1.78. The molecule has 2 heterocycles. The van der Waals surface area contributed by atoms with Gasteiger partial charge in [-0.25, -0.2) is 0 Å². The molecule has 1 N–H and O–H groups in total. The third-order valence-electron chi connectivity index (χ3n) is 1.05. The average molecular weight is 184 g/mol. The Morgan fingerprint density at radius 1 is 1.45 bits per heavy atom. The van der Waals surface area contributed by atoms with Crippen molar-refractivity contribution in [2.24, 2.45) is 0 Å². The first-order valence-corrected chi connectivity index (χ1v) is 4.56. The molecular weight excluding hydrogens is 180 g/mol. The third-order valence-corrected chi connectivity index (χ3v) is 2.35. The van der Waals surface area contributed by atoms with Crippen molar-refractivity contribution in [3.8, 4) is 0 Å². The van der Waals surface area contributed by atoms with Crippen LogP contribution < -0.4 is 5.32 Å². The summed E-state index contributed by atoms with van der Waals surface area (Å²) in [5.74, 6) is 0. The fraction of sp³-hybridized carbons (Fsp3) is 0. The molecule has 2 rings (SSSR count). The van der Waals surface area contributed by atoms with Crippen molar-refractivity contribution < 1.29 is 0 Å². The van der Waals surface area contributed by atoms with Crippen molar-refractivity contribution in [2.75, 3.05) is 5.32 Å². The van der Waals surface area contributed by atoms with E-state index in [2.05, 4.69) is 20.1 Å². The first-order chi connectivity index (χ1) is 5.45. The molecule has 0 saturated carbocycles. The standard InChI is InChI=1S/C5H4N4S2/c1-2-4(10-3-1)6-5-7-8-9-11-5/h1-3H,(H,6,7,9). The molecule has 0 unspecified atom stereocenters. The van der Waals surface area contributed by atoms with Crippen LogP contribution >= 0.6 is 22.9 Å². The van der Waals surface area contributed by atoms with Crippen LogP contribution in [0, 0.1) is 0 Å². The smallest absolute Gasteiger partial charge is 0.230 e. The van der Waals surface area contributed by atoms with Crippen molar-refractivity contribution in [2.45, 2.75) is 0 Å². The van der Waals surface area contributed by atoms with Crippen LogP contribution in [0.15, 0.2) is 17.5 Å². The maximum Gasteiger partial charge on any atom is 0.230 e. The molecule has 0 aliphatic heterocycles. The highest BCUT2D eigenvalue weighted by Crippen LogP contribution is 2.20. The van der Waals surface area contributed by atoms with Crippen molar-refractivity contribution in [3.05, 3.63) is 17.5 Å². The summed E-state index contributed by atoms with van der Waals surface area (Å²) < 4.78 is 3.63. The maximum atomic E-state index is 3.74. The SMILES string of the molecule is c1csc(Nc2nnns2)c1. The van der Waals surface area contributed by atoms with Crippen LogP contribution in [0.2, 0.25) is 0 Å². The number of aromatic nitrogens is 3. The lowest BCUT2D eigenvalue weighted by Crippen LogP contribution is -1.84. The minimum absolute atomic E-state index is 0.729. The van der Waals surface area contributed by atoms with Crippen LogP contribution in [-0.2, 0) is 0 Å². The van der Waals surface area contributed by atoms with Gasteiger partial charge < -0.3 is 5.32 Å². The number of anilines is 2. The van der Waals surface area contributed by atoms with Gasteiger partial charge in [-0.1, -0.05) is 9.59 Å². The van der Waals surface area contributed by atoms with Crippen LogP contribution in [0.4, 0.5) is 10.1 Å². The lowest BCUT2D eigenvalue weighted by molar-refractivity contribution is 0.961. The third kappa shape index (κ3) is 1.52. The zero-order valence-corrected chi connectivity index (χ0v) is 7.02. The number of hydrogen-bond acceptors (Lipinski definition) is 6. The van der Waals surface area contributed by atoms with E-state index in [1.54, 1.807) is 11.3 Å². The summed E-state index contributed by atoms with van der Waals surface area (Å²) in [4.78, 5) is 0. The molecule has 2 aromatic rings. The molecule has 0 bridgehead atoms. The molecule has 11 heavy (non-hydrogen) atoms. The normalized spacial score (nSPS) is 9.82. The number of hydrogen-bond donors (Lipinski definition) is 1. The minimum atomic E-state index is 0.729. The summed E-state index contributed by atoms with van der Waals surface area (Å²) >= 11 is 2.87. The van der Waals surface area contributed by atoms with Gasteiger partial charge in [0.1, 0.15) is 0 Å². The van der Waals surface area contributed by atoms with Crippen molar-refractivity contribution >= 4 is 33.0 Å². The maximum absolute atomic E-state index is 3.74. The summed E-state index contributed by atoms with van der Waals surface area (Å²) in [6, 6.07) is 3.95. The topological polar surface area (TPSA) is 50.7 Å². The van der Waals surface area contributed by atoms with Gasteiger partial charge in [-0.05, 0) is 22.7 Å². The van der Waals surface area contributed by atoms with Gasteiger partial charge in [0.2, 0.25) is 5.13 Å². The van der Waals surface area contributed by atoms with Crippen LogP contribution in [0.25, 0.3) is 0 Å². The molecule has 0 fully saturated rings. The van der Waals surface area contributed by atoms with E-state index < -0.39 is 0 Å². The quantitative estimate of drug-likeness (QED) is 0.772. The fourth-order valence-electron chi connectivity index (χ4n) is 0.637. The molecule has 0 aromatic carbocycles. The highest BCUT2D eigenvalue weighted by atomic mass is 32.1. The summed E-state index contributed by atoms with van der Waals surface area (Å²) in [7, 11) is 0. The van der Waals surface area contributed by atoms with Crippen LogP contribution in [0.3, 0.4) is 0 Å². The van der Waals surface area contributed by atoms with Crippen LogP contribution in [0.1, 0.15) is 0 Å². The Morgan fingerprint density at radius 3 is 3.09 bits per heavy atom. The molecule has 0 atom stereocenters. The van der Waals surface area contributed by atoms with E-state index in [1.807, 2.05) is 17.5 Å². The van der Waals surface area contributed by atoms with Gasteiger partial charge >= 0.3 is 0 Å². The number of thiophene rings is 1. The highest BCUT2D eigenvalue weighted by Gasteiger charge is 1.97. The van der Waals surface area contributed by atoms with Gasteiger partial charge in [0.05, 0.1) is 5.00 Å². The van der Waals surface area contributed by atoms with Crippen molar-refractivity contribution in [1.82, 2.24) is 14.8 Å². The van der Waals surface area contributed by atoms with Gasteiger partial charge in [0.15, 0.2) is 0 Å². The van der Waals surface area contributed by atoms with E-state index in [4.69, 9.17) is 0 Å². The van der Waals surface area contributed by atoms with Crippen LogP contribution in [-0.4, -0.2) is 14.8 Å². The van der Waals surface area contributed by atoms with Gasteiger partial charge in [-0.2, -0.15) is 0 Å². The Hall–Kier alpha value is -1.01. The van der Waals surface area contributed by atoms with Crippen molar-refractivity contribution in [1.29, 1.82) is 0 Å². The zero-order valence-electron chi connectivity index (χ0n) is 5.39. The molecule has 2 aromatic heterocycles. The van der Waals surface area contributed by atoms with Gasteiger partial charge in [0, 0.05) is 11.5 Å². The second-order valence-electron chi connectivity index (χ2n) is 1.77. The monoisotopic (exact) mass is 184 g/mol. The Morgan fingerprint density at radius 2 is 2.45 bits per heavy atom. The largest absolute Gasteiger partial charge is 0.321 e. The molecule has 56 valence electrons. The van der Waals surface area contributed by atoms with E-state index in [1.165, 1.54) is 11.5 Å². The van der Waals surface area contributed by atoms with Gasteiger partial charge in [-0.15, -0.1) is 11.3 Å². The fourth-order valence-corrected chi connectivity index (χ4v) is 1.70. The predicted octanol–water partition coefficient (Wildman–Crippen LogP) is 1.74. The lowest BCUT2D eigenvalue weighted by Gasteiger charge is -1.92. The van der Waals surface area contributed by atoms with E-state index >= 15 is 0 Å². The molecule has 0 amide bonds. The molecule has 6 heteroatoms. The Balaban J connectivity index is 2.14. The second-order valence-corrected chi connectivity index (χ2v) is 3.45. The predicted molar refractivity (Wildman–Crippen MR) is 45.3 cm³/mol. The molecule has 4 nitrogen and oxygen atoms in total. The summed E-state index contributed by atoms with van der Waals surface area (Å²) in [6.45, 7) is 0. The molecule has 0 aliphatic rings. The average Bonchev–Trinajstić information content (AvgIpc) is 2.60. The molecule has 0 radical (unpaired) electrons.